The van der Waals surface area contributed by atoms with Gasteiger partial charge in [-0.2, -0.15) is 0 Å². The third-order valence-electron chi connectivity index (χ3n) is 5.00. The van der Waals surface area contributed by atoms with E-state index in [1.807, 2.05) is 0 Å². The summed E-state index contributed by atoms with van der Waals surface area (Å²) in [6, 6.07) is 0.754. The molecule has 0 aliphatic heterocycles. The van der Waals surface area contributed by atoms with Crippen LogP contribution in [-0.2, 0) is 4.74 Å². The van der Waals surface area contributed by atoms with Crippen LogP contribution in [0.3, 0.4) is 0 Å². The van der Waals surface area contributed by atoms with Gasteiger partial charge in [0.15, 0.2) is 0 Å². The lowest BCUT2D eigenvalue weighted by atomic mass is 9.60. The minimum Gasteiger partial charge on any atom is -0.377 e. The van der Waals surface area contributed by atoms with Gasteiger partial charge in [-0.05, 0) is 44.6 Å². The van der Waals surface area contributed by atoms with Crippen molar-refractivity contribution in [3.63, 3.8) is 0 Å². The maximum absolute atomic E-state index is 6.18. The highest BCUT2D eigenvalue weighted by atomic mass is 16.5. The zero-order valence-corrected chi connectivity index (χ0v) is 10.5. The topological polar surface area (TPSA) is 21.3 Å². The normalized spacial score (nSPS) is 36.6. The van der Waals surface area contributed by atoms with Crippen LogP contribution in [0.5, 0.6) is 0 Å². The van der Waals surface area contributed by atoms with E-state index in [1.165, 1.54) is 44.9 Å². The number of hydrogen-bond acceptors (Lipinski definition) is 2. The molecule has 0 aromatic rings. The van der Waals surface area contributed by atoms with Gasteiger partial charge in [-0.25, -0.2) is 0 Å². The van der Waals surface area contributed by atoms with Gasteiger partial charge in [0.05, 0.1) is 6.10 Å². The van der Waals surface area contributed by atoms with Crippen LogP contribution in [0, 0.1) is 11.3 Å². The Morgan fingerprint density at radius 3 is 2.62 bits per heavy atom. The zero-order valence-electron chi connectivity index (χ0n) is 10.5. The number of ether oxygens (including phenoxy) is 1. The van der Waals surface area contributed by atoms with Gasteiger partial charge in [-0.3, -0.25) is 0 Å². The second-order valence-corrected chi connectivity index (χ2v) is 6.05. The molecule has 0 heterocycles. The number of rotatable bonds is 5. The van der Waals surface area contributed by atoms with E-state index in [4.69, 9.17) is 4.74 Å². The summed E-state index contributed by atoms with van der Waals surface area (Å²) in [5.74, 6) is 0.914. The van der Waals surface area contributed by atoms with Crippen LogP contribution in [0.25, 0.3) is 0 Å². The number of nitrogens with one attached hydrogen (secondary N) is 1. The van der Waals surface area contributed by atoms with E-state index in [0.29, 0.717) is 11.5 Å². The van der Waals surface area contributed by atoms with Gasteiger partial charge in [-0.1, -0.05) is 19.8 Å². The van der Waals surface area contributed by atoms with E-state index >= 15 is 0 Å². The molecule has 3 fully saturated rings. The smallest absolute Gasteiger partial charge is 0.0661 e. The van der Waals surface area contributed by atoms with Crippen molar-refractivity contribution in [2.75, 3.05) is 13.2 Å². The molecular formula is C14H25NO. The minimum atomic E-state index is 0.533. The van der Waals surface area contributed by atoms with Crippen molar-refractivity contribution in [2.24, 2.45) is 11.3 Å². The SMILES string of the molecule is CCNC1CC(OCC2CC2)C12CCCC2. The monoisotopic (exact) mass is 223 g/mol. The Bertz CT molecular complexity index is 243. The second-order valence-electron chi connectivity index (χ2n) is 6.05. The molecule has 2 unspecified atom stereocenters. The molecule has 2 heteroatoms. The molecule has 1 N–H and O–H groups in total. The molecule has 0 radical (unpaired) electrons. The summed E-state index contributed by atoms with van der Waals surface area (Å²) in [5, 5.41) is 3.67. The van der Waals surface area contributed by atoms with Crippen LogP contribution in [-0.4, -0.2) is 25.3 Å². The molecule has 2 atom stereocenters. The zero-order chi connectivity index (χ0) is 11.0. The molecule has 16 heavy (non-hydrogen) atoms. The van der Waals surface area contributed by atoms with E-state index in [1.54, 1.807) is 0 Å². The lowest BCUT2D eigenvalue weighted by Gasteiger charge is -2.54. The molecule has 2 nitrogen and oxygen atoms in total. The van der Waals surface area contributed by atoms with Crippen molar-refractivity contribution < 1.29 is 4.74 Å². The minimum absolute atomic E-state index is 0.533. The standard InChI is InChI=1S/C14H25NO/c1-2-15-12-9-13(16-10-11-5-6-11)14(12)7-3-4-8-14/h11-13,15H,2-10H2,1H3. The van der Waals surface area contributed by atoms with Crippen LogP contribution in [0.1, 0.15) is 51.9 Å². The van der Waals surface area contributed by atoms with Crippen molar-refractivity contribution in [1.82, 2.24) is 5.32 Å². The molecule has 0 aromatic carbocycles. The fraction of sp³-hybridized carbons (Fsp3) is 1.00. The average molecular weight is 223 g/mol. The van der Waals surface area contributed by atoms with E-state index < -0.39 is 0 Å². The molecule has 0 amide bonds. The first-order valence-electron chi connectivity index (χ1n) is 7.20. The Morgan fingerprint density at radius 1 is 1.25 bits per heavy atom. The first kappa shape index (κ1) is 11.0. The molecule has 3 aliphatic carbocycles. The van der Waals surface area contributed by atoms with Crippen molar-refractivity contribution >= 4 is 0 Å². The first-order valence-corrected chi connectivity index (χ1v) is 7.20. The van der Waals surface area contributed by atoms with Crippen molar-refractivity contribution in [3.05, 3.63) is 0 Å². The average Bonchev–Trinajstić information content (AvgIpc) is 2.95. The Hall–Kier alpha value is -0.0800. The maximum atomic E-state index is 6.18. The van der Waals surface area contributed by atoms with Gasteiger partial charge >= 0.3 is 0 Å². The lowest BCUT2D eigenvalue weighted by Crippen LogP contribution is -2.62. The van der Waals surface area contributed by atoms with Gasteiger partial charge in [0.2, 0.25) is 0 Å². The largest absolute Gasteiger partial charge is 0.377 e. The van der Waals surface area contributed by atoms with Gasteiger partial charge < -0.3 is 10.1 Å². The van der Waals surface area contributed by atoms with Crippen LogP contribution in [0.15, 0.2) is 0 Å². The third-order valence-corrected chi connectivity index (χ3v) is 5.00. The predicted molar refractivity (Wildman–Crippen MR) is 65.4 cm³/mol. The van der Waals surface area contributed by atoms with Crippen molar-refractivity contribution in [1.29, 1.82) is 0 Å². The molecule has 0 aromatic heterocycles. The summed E-state index contributed by atoms with van der Waals surface area (Å²) in [6.07, 6.45) is 10.3. The Kier molecular flexibility index (Phi) is 2.97. The summed E-state index contributed by atoms with van der Waals surface area (Å²) in [6.45, 7) is 4.38. The van der Waals surface area contributed by atoms with E-state index in [-0.39, 0.29) is 0 Å². The van der Waals surface area contributed by atoms with Crippen molar-refractivity contribution in [2.45, 2.75) is 64.0 Å². The van der Waals surface area contributed by atoms with Crippen LogP contribution in [0.4, 0.5) is 0 Å². The van der Waals surface area contributed by atoms with Gasteiger partial charge in [0.25, 0.3) is 0 Å². The van der Waals surface area contributed by atoms with Crippen LogP contribution >= 0.6 is 0 Å². The highest BCUT2D eigenvalue weighted by Gasteiger charge is 2.56. The molecule has 3 saturated carbocycles. The predicted octanol–water partition coefficient (Wildman–Crippen LogP) is 2.72. The summed E-state index contributed by atoms with van der Waals surface area (Å²) >= 11 is 0. The Labute approximate surface area is 99.1 Å². The molecule has 0 saturated heterocycles. The van der Waals surface area contributed by atoms with Crippen LogP contribution < -0.4 is 5.32 Å². The molecule has 3 aliphatic rings. The number of hydrogen-bond donors (Lipinski definition) is 1. The summed E-state index contributed by atoms with van der Waals surface area (Å²) < 4.78 is 6.18. The molecule has 0 bridgehead atoms. The fourth-order valence-electron chi connectivity index (χ4n) is 3.75. The molecular weight excluding hydrogens is 198 g/mol. The quantitative estimate of drug-likeness (QED) is 0.774. The lowest BCUT2D eigenvalue weighted by molar-refractivity contribution is -0.135. The summed E-state index contributed by atoms with van der Waals surface area (Å²) in [7, 11) is 0. The molecule has 1 spiro atoms. The fourth-order valence-corrected chi connectivity index (χ4v) is 3.75. The highest BCUT2D eigenvalue weighted by Crippen LogP contribution is 2.55. The molecule has 92 valence electrons. The van der Waals surface area contributed by atoms with Gasteiger partial charge in [0, 0.05) is 18.1 Å². The van der Waals surface area contributed by atoms with E-state index in [0.717, 1.165) is 25.1 Å². The van der Waals surface area contributed by atoms with E-state index in [9.17, 15) is 0 Å². The Balaban J connectivity index is 1.57. The molecule has 3 rings (SSSR count). The first-order chi connectivity index (χ1) is 7.85. The van der Waals surface area contributed by atoms with Gasteiger partial charge in [-0.15, -0.1) is 0 Å². The highest BCUT2D eigenvalue weighted by molar-refractivity contribution is 5.09. The second kappa shape index (κ2) is 4.30. The summed E-state index contributed by atoms with van der Waals surface area (Å²) in [4.78, 5) is 0. The van der Waals surface area contributed by atoms with E-state index in [2.05, 4.69) is 12.2 Å². The van der Waals surface area contributed by atoms with Gasteiger partial charge in [0.1, 0.15) is 0 Å². The maximum Gasteiger partial charge on any atom is 0.0661 e. The third kappa shape index (κ3) is 1.80. The summed E-state index contributed by atoms with van der Waals surface area (Å²) in [5.41, 5.74) is 0.533. The Morgan fingerprint density at radius 2 is 2.00 bits per heavy atom. The van der Waals surface area contributed by atoms with Crippen molar-refractivity contribution in [3.8, 4) is 0 Å². The van der Waals surface area contributed by atoms with Crippen LogP contribution in [0.2, 0.25) is 0 Å².